The molecule has 29 heavy (non-hydrogen) atoms. The van der Waals surface area contributed by atoms with Crippen LogP contribution in [0.2, 0.25) is 0 Å². The van der Waals surface area contributed by atoms with Crippen LogP contribution >= 0.6 is 11.8 Å². The molecular weight excluding hydrogens is 378 g/mol. The Hall–Kier alpha value is -2.79. The average Bonchev–Trinajstić information content (AvgIpc) is 3.07. The molecule has 5 heteroatoms. The number of hydrogen-bond donors (Lipinski definition) is 1. The molecule has 0 radical (unpaired) electrons. The summed E-state index contributed by atoms with van der Waals surface area (Å²) in [5.41, 5.74) is 5.26. The molecule has 148 valence electrons. The van der Waals surface area contributed by atoms with Crippen LogP contribution in [0.3, 0.4) is 0 Å². The first-order valence-electron chi connectivity index (χ1n) is 9.67. The van der Waals surface area contributed by atoms with Crippen molar-refractivity contribution < 1.29 is 5.11 Å². The first-order chi connectivity index (χ1) is 13.7. The second-order valence-corrected chi connectivity index (χ2v) is 9.63. The van der Waals surface area contributed by atoms with E-state index in [1.807, 2.05) is 31.2 Å². The molecule has 4 rings (SSSR count). The number of phenols is 1. The molecule has 1 aromatic heterocycles. The van der Waals surface area contributed by atoms with E-state index in [2.05, 4.69) is 68.2 Å². The summed E-state index contributed by atoms with van der Waals surface area (Å²) < 4.78 is 0. The summed E-state index contributed by atoms with van der Waals surface area (Å²) >= 11 is 1.70. The van der Waals surface area contributed by atoms with E-state index in [0.717, 1.165) is 27.1 Å². The molecule has 1 N–H and O–H groups in total. The first-order valence-corrected chi connectivity index (χ1v) is 10.5. The molecule has 0 aliphatic rings. The van der Waals surface area contributed by atoms with Crippen LogP contribution in [0.15, 0.2) is 64.4 Å². The van der Waals surface area contributed by atoms with Gasteiger partial charge >= 0.3 is 0 Å². The number of phenolic OH excluding ortho intramolecular Hbond substituents is 1. The molecule has 0 saturated carbocycles. The quantitative estimate of drug-likeness (QED) is 0.443. The highest BCUT2D eigenvalue weighted by Gasteiger charge is 2.22. The number of aromatic nitrogens is 3. The van der Waals surface area contributed by atoms with E-state index in [4.69, 9.17) is 0 Å². The van der Waals surface area contributed by atoms with Crippen LogP contribution < -0.4 is 0 Å². The summed E-state index contributed by atoms with van der Waals surface area (Å²) in [6.07, 6.45) is 0. The van der Waals surface area contributed by atoms with E-state index in [9.17, 15) is 5.11 Å². The average molecular weight is 404 g/mol. The first kappa shape index (κ1) is 19.5. The fourth-order valence-corrected chi connectivity index (χ4v) is 4.14. The molecule has 4 aromatic rings. The van der Waals surface area contributed by atoms with Gasteiger partial charge in [0, 0.05) is 15.4 Å². The Morgan fingerprint density at radius 1 is 0.793 bits per heavy atom. The zero-order valence-corrected chi connectivity index (χ0v) is 18.2. The number of aromatic hydroxyl groups is 1. The van der Waals surface area contributed by atoms with Crippen LogP contribution in [-0.4, -0.2) is 20.1 Å². The highest BCUT2D eigenvalue weighted by atomic mass is 32.2. The predicted molar refractivity (Wildman–Crippen MR) is 119 cm³/mol. The highest BCUT2D eigenvalue weighted by molar-refractivity contribution is 7.99. The van der Waals surface area contributed by atoms with Gasteiger partial charge in [-0.2, -0.15) is 0 Å². The van der Waals surface area contributed by atoms with Gasteiger partial charge in [-0.3, -0.25) is 0 Å². The van der Waals surface area contributed by atoms with Crippen LogP contribution in [0.4, 0.5) is 0 Å². The van der Waals surface area contributed by atoms with Crippen LogP contribution in [0.5, 0.6) is 5.75 Å². The molecular formula is C24H25N3OS. The molecule has 0 atom stereocenters. The molecule has 0 saturated heterocycles. The molecule has 0 spiro atoms. The summed E-state index contributed by atoms with van der Waals surface area (Å²) in [6.45, 7) is 10.4. The molecule has 0 aliphatic carbocycles. The van der Waals surface area contributed by atoms with E-state index < -0.39 is 0 Å². The number of nitrogens with zero attached hydrogens (tertiary/aromatic N) is 3. The van der Waals surface area contributed by atoms with Crippen molar-refractivity contribution in [2.75, 3.05) is 0 Å². The number of rotatable bonds is 3. The van der Waals surface area contributed by atoms with Gasteiger partial charge in [0.15, 0.2) is 0 Å². The van der Waals surface area contributed by atoms with Crippen molar-refractivity contribution in [1.82, 2.24) is 15.0 Å². The zero-order valence-electron chi connectivity index (χ0n) is 17.4. The monoisotopic (exact) mass is 403 g/mol. The lowest BCUT2D eigenvalue weighted by Gasteiger charge is -2.22. The SMILES string of the molecule is Cc1ccc(Sc2ccc3nn(-c4cc(C)cc(C(C)(C)C)c4O)nc3c2)cc1. The standard InChI is InChI=1S/C24H25N3OS/c1-15-6-8-17(9-7-15)29-18-10-11-20-21(14-18)26-27(25-20)22-13-16(2)12-19(23(22)28)24(3,4)5/h6-14,28H,1-5H3. The number of aryl methyl sites for hydroxylation is 2. The zero-order chi connectivity index (χ0) is 20.8. The van der Waals surface area contributed by atoms with Crippen molar-refractivity contribution in [3.05, 3.63) is 71.3 Å². The molecule has 0 bridgehead atoms. The lowest BCUT2D eigenvalue weighted by molar-refractivity contribution is 0.440. The van der Waals surface area contributed by atoms with Gasteiger partial charge in [0.2, 0.25) is 0 Å². The second kappa shape index (κ2) is 7.23. The Morgan fingerprint density at radius 3 is 2.14 bits per heavy atom. The van der Waals surface area contributed by atoms with Crippen LogP contribution in [0, 0.1) is 13.8 Å². The molecule has 3 aromatic carbocycles. The topological polar surface area (TPSA) is 50.9 Å². The molecule has 1 heterocycles. The summed E-state index contributed by atoms with van der Waals surface area (Å²) in [4.78, 5) is 3.84. The largest absolute Gasteiger partial charge is 0.505 e. The summed E-state index contributed by atoms with van der Waals surface area (Å²) in [5, 5.41) is 20.2. The molecule has 0 aliphatic heterocycles. The van der Waals surface area contributed by atoms with Crippen molar-refractivity contribution in [2.45, 2.75) is 49.8 Å². The van der Waals surface area contributed by atoms with Crippen LogP contribution in [-0.2, 0) is 5.41 Å². The van der Waals surface area contributed by atoms with Crippen molar-refractivity contribution in [3.8, 4) is 11.4 Å². The fourth-order valence-electron chi connectivity index (χ4n) is 3.29. The number of hydrogen-bond acceptors (Lipinski definition) is 4. The number of fused-ring (bicyclic) bond motifs is 1. The Bertz CT molecular complexity index is 1190. The Balaban J connectivity index is 1.73. The van der Waals surface area contributed by atoms with Crippen molar-refractivity contribution in [2.24, 2.45) is 0 Å². The van der Waals surface area contributed by atoms with Gasteiger partial charge in [0.05, 0.1) is 0 Å². The maximum atomic E-state index is 10.9. The van der Waals surface area contributed by atoms with Crippen molar-refractivity contribution in [1.29, 1.82) is 0 Å². The fraction of sp³-hybridized carbons (Fsp3) is 0.250. The minimum Gasteiger partial charge on any atom is -0.505 e. The third kappa shape index (κ3) is 4.01. The predicted octanol–water partition coefficient (Wildman–Crippen LogP) is 6.19. The molecule has 0 amide bonds. The van der Waals surface area contributed by atoms with E-state index in [1.165, 1.54) is 10.5 Å². The van der Waals surface area contributed by atoms with E-state index >= 15 is 0 Å². The summed E-state index contributed by atoms with van der Waals surface area (Å²) in [5.74, 6) is 0.234. The van der Waals surface area contributed by atoms with E-state index in [1.54, 1.807) is 16.6 Å². The molecule has 0 fully saturated rings. The Kier molecular flexibility index (Phi) is 4.87. The van der Waals surface area contributed by atoms with Crippen molar-refractivity contribution in [3.63, 3.8) is 0 Å². The van der Waals surface area contributed by atoms with Gasteiger partial charge in [-0.05, 0) is 61.2 Å². The Labute approximate surface area is 175 Å². The van der Waals surface area contributed by atoms with Gasteiger partial charge in [0.25, 0.3) is 0 Å². The second-order valence-electron chi connectivity index (χ2n) is 8.49. The minimum absolute atomic E-state index is 0.171. The Morgan fingerprint density at radius 2 is 1.45 bits per heavy atom. The highest BCUT2D eigenvalue weighted by Crippen LogP contribution is 2.36. The van der Waals surface area contributed by atoms with Gasteiger partial charge in [-0.1, -0.05) is 56.3 Å². The third-order valence-electron chi connectivity index (χ3n) is 4.87. The summed E-state index contributed by atoms with van der Waals surface area (Å²) in [6, 6.07) is 18.5. The smallest absolute Gasteiger partial charge is 0.146 e. The van der Waals surface area contributed by atoms with E-state index in [0.29, 0.717) is 5.69 Å². The van der Waals surface area contributed by atoms with Crippen molar-refractivity contribution >= 4 is 22.8 Å². The maximum Gasteiger partial charge on any atom is 0.146 e. The maximum absolute atomic E-state index is 10.9. The normalized spacial score (nSPS) is 11.9. The number of benzene rings is 3. The van der Waals surface area contributed by atoms with Gasteiger partial charge in [0.1, 0.15) is 22.5 Å². The minimum atomic E-state index is -0.171. The lowest BCUT2D eigenvalue weighted by atomic mass is 9.85. The van der Waals surface area contributed by atoms with E-state index in [-0.39, 0.29) is 11.2 Å². The lowest BCUT2D eigenvalue weighted by Crippen LogP contribution is -2.13. The van der Waals surface area contributed by atoms with Crippen LogP contribution in [0.1, 0.15) is 37.5 Å². The van der Waals surface area contributed by atoms with Gasteiger partial charge in [-0.25, -0.2) is 0 Å². The molecule has 0 unspecified atom stereocenters. The van der Waals surface area contributed by atoms with Gasteiger partial charge < -0.3 is 5.11 Å². The molecule has 4 nitrogen and oxygen atoms in total. The summed E-state index contributed by atoms with van der Waals surface area (Å²) in [7, 11) is 0. The van der Waals surface area contributed by atoms with Crippen LogP contribution in [0.25, 0.3) is 16.7 Å². The third-order valence-corrected chi connectivity index (χ3v) is 5.86. The van der Waals surface area contributed by atoms with Gasteiger partial charge in [-0.15, -0.1) is 15.0 Å².